The Bertz CT molecular complexity index is 1850. The maximum absolute atomic E-state index is 13.4. The molecule has 0 atom stereocenters. The van der Waals surface area contributed by atoms with Crippen LogP contribution in [-0.4, -0.2) is 22.5 Å². The van der Waals surface area contributed by atoms with Crippen LogP contribution in [0.25, 0.3) is 22.2 Å². The van der Waals surface area contributed by atoms with E-state index in [0.717, 1.165) is 17.5 Å². The Balaban J connectivity index is 1.31. The molecule has 0 aliphatic rings. The third-order valence-corrected chi connectivity index (χ3v) is 7.90. The van der Waals surface area contributed by atoms with Crippen molar-refractivity contribution in [2.75, 3.05) is 5.32 Å². The lowest BCUT2D eigenvalue weighted by atomic mass is 9.87. The van der Waals surface area contributed by atoms with Gasteiger partial charge in [0.2, 0.25) is 0 Å². The highest BCUT2D eigenvalue weighted by atomic mass is 35.5. The first kappa shape index (κ1) is 30.6. The van der Waals surface area contributed by atoms with E-state index in [1.54, 1.807) is 18.2 Å². The zero-order valence-electron chi connectivity index (χ0n) is 25.5. The number of aryl methyl sites for hydroxylation is 1. The zero-order chi connectivity index (χ0) is 31.4. The van der Waals surface area contributed by atoms with Crippen LogP contribution >= 0.6 is 11.6 Å². The summed E-state index contributed by atoms with van der Waals surface area (Å²) in [5.41, 5.74) is 10.3. The van der Waals surface area contributed by atoms with Crippen LogP contribution in [0.5, 0.6) is 0 Å². The third kappa shape index (κ3) is 6.87. The van der Waals surface area contributed by atoms with Gasteiger partial charge in [-0.3, -0.25) is 9.59 Å². The van der Waals surface area contributed by atoms with E-state index >= 15 is 0 Å². The number of amides is 2. The number of carbonyl (C=O) groups is 2. The highest BCUT2D eigenvalue weighted by Gasteiger charge is 2.17. The molecule has 0 aliphatic carbocycles. The average Bonchev–Trinajstić information content (AvgIpc) is 3.03. The van der Waals surface area contributed by atoms with Gasteiger partial charge in [0.25, 0.3) is 11.8 Å². The van der Waals surface area contributed by atoms with Crippen molar-refractivity contribution in [2.24, 2.45) is 5.10 Å². The van der Waals surface area contributed by atoms with Gasteiger partial charge in [-0.25, -0.2) is 10.4 Å². The van der Waals surface area contributed by atoms with E-state index in [-0.39, 0.29) is 17.2 Å². The lowest BCUT2D eigenvalue weighted by Gasteiger charge is -2.19. The van der Waals surface area contributed by atoms with Gasteiger partial charge in [0.05, 0.1) is 27.5 Å². The SMILES string of the molecule is CCc1ccc(-c2cc(C(=O)NN=C(C)c3ccc(NC(=O)c4ccc(C(C)(C)C)cc4)cc3)c3cccc(Cl)c3n2)cc1. The number of pyridine rings is 1. The molecule has 0 radical (unpaired) electrons. The van der Waals surface area contributed by atoms with E-state index < -0.39 is 0 Å². The van der Waals surface area contributed by atoms with E-state index in [2.05, 4.69) is 55.7 Å². The van der Waals surface area contributed by atoms with Crippen molar-refractivity contribution in [3.8, 4) is 11.3 Å². The molecule has 0 spiro atoms. The molecule has 2 N–H and O–H groups in total. The Hall–Kier alpha value is -4.81. The number of benzene rings is 4. The van der Waals surface area contributed by atoms with Gasteiger partial charge in [-0.1, -0.05) is 100.0 Å². The summed E-state index contributed by atoms with van der Waals surface area (Å²) in [6, 6.07) is 30.3. The van der Waals surface area contributed by atoms with Gasteiger partial charge in [-0.05, 0) is 71.8 Å². The fourth-order valence-electron chi connectivity index (χ4n) is 4.84. The summed E-state index contributed by atoms with van der Waals surface area (Å²) >= 11 is 6.50. The van der Waals surface area contributed by atoms with Gasteiger partial charge < -0.3 is 5.32 Å². The number of halogens is 1. The normalized spacial score (nSPS) is 11.8. The van der Waals surface area contributed by atoms with E-state index in [9.17, 15) is 9.59 Å². The van der Waals surface area contributed by atoms with E-state index in [4.69, 9.17) is 16.6 Å². The maximum Gasteiger partial charge on any atom is 0.272 e. The van der Waals surface area contributed by atoms with Crippen molar-refractivity contribution >= 4 is 45.7 Å². The van der Waals surface area contributed by atoms with Crippen LogP contribution < -0.4 is 10.7 Å². The Labute approximate surface area is 263 Å². The second-order valence-corrected chi connectivity index (χ2v) is 12.1. The topological polar surface area (TPSA) is 83.5 Å². The first-order valence-electron chi connectivity index (χ1n) is 14.6. The van der Waals surface area contributed by atoms with Crippen LogP contribution in [0.4, 0.5) is 5.69 Å². The number of para-hydroxylation sites is 1. The summed E-state index contributed by atoms with van der Waals surface area (Å²) in [5, 5.41) is 8.42. The largest absolute Gasteiger partial charge is 0.322 e. The summed E-state index contributed by atoms with van der Waals surface area (Å²) in [6.45, 7) is 10.3. The number of aromatic nitrogens is 1. The molecule has 5 aromatic rings. The van der Waals surface area contributed by atoms with Crippen LogP contribution in [0.2, 0.25) is 5.02 Å². The summed E-state index contributed by atoms with van der Waals surface area (Å²) < 4.78 is 0. The Kier molecular flexibility index (Phi) is 8.93. The van der Waals surface area contributed by atoms with Crippen LogP contribution in [0.15, 0.2) is 102 Å². The maximum atomic E-state index is 13.4. The van der Waals surface area contributed by atoms with Gasteiger partial charge in [-0.15, -0.1) is 0 Å². The number of nitrogens with zero attached hydrogens (tertiary/aromatic N) is 2. The molecule has 1 heterocycles. The molecule has 2 amide bonds. The third-order valence-electron chi connectivity index (χ3n) is 7.59. The number of carbonyl (C=O) groups excluding carboxylic acids is 2. The molecule has 5 rings (SSSR count). The minimum Gasteiger partial charge on any atom is -0.322 e. The van der Waals surface area contributed by atoms with E-state index in [0.29, 0.717) is 44.1 Å². The Morgan fingerprint density at radius 1 is 0.841 bits per heavy atom. The van der Waals surface area contributed by atoms with Gasteiger partial charge in [0.1, 0.15) is 0 Å². The highest BCUT2D eigenvalue weighted by Crippen LogP contribution is 2.29. The molecule has 44 heavy (non-hydrogen) atoms. The molecule has 222 valence electrons. The Morgan fingerprint density at radius 3 is 2.14 bits per heavy atom. The summed E-state index contributed by atoms with van der Waals surface area (Å²) in [7, 11) is 0. The van der Waals surface area contributed by atoms with Crippen molar-refractivity contribution in [1.29, 1.82) is 0 Å². The lowest BCUT2D eigenvalue weighted by molar-refractivity contribution is 0.0955. The quantitative estimate of drug-likeness (QED) is 0.144. The summed E-state index contributed by atoms with van der Waals surface area (Å²) in [6.07, 6.45) is 0.936. The predicted octanol–water partition coefficient (Wildman–Crippen LogP) is 8.82. The molecule has 0 bridgehead atoms. The summed E-state index contributed by atoms with van der Waals surface area (Å²) in [5.74, 6) is -0.548. The van der Waals surface area contributed by atoms with Crippen molar-refractivity contribution in [1.82, 2.24) is 10.4 Å². The van der Waals surface area contributed by atoms with Crippen LogP contribution in [0, 0.1) is 0 Å². The second kappa shape index (κ2) is 12.8. The fourth-order valence-corrected chi connectivity index (χ4v) is 5.06. The van der Waals surface area contributed by atoms with Gasteiger partial charge in [0, 0.05) is 22.2 Å². The number of hydrogen-bond acceptors (Lipinski definition) is 4. The molecular weight excluding hydrogens is 568 g/mol. The molecule has 4 aromatic carbocycles. The number of rotatable bonds is 7. The van der Waals surface area contributed by atoms with Gasteiger partial charge >= 0.3 is 0 Å². The van der Waals surface area contributed by atoms with Crippen LogP contribution in [0.1, 0.15) is 72.0 Å². The molecule has 0 fully saturated rings. The van der Waals surface area contributed by atoms with Crippen molar-refractivity contribution in [2.45, 2.75) is 46.5 Å². The number of hydrazone groups is 1. The molecule has 0 unspecified atom stereocenters. The molecule has 0 saturated heterocycles. The first-order valence-corrected chi connectivity index (χ1v) is 15.0. The minimum atomic E-state index is -0.369. The molecule has 6 nitrogen and oxygen atoms in total. The fraction of sp³-hybridized carbons (Fsp3) is 0.189. The second-order valence-electron chi connectivity index (χ2n) is 11.7. The molecule has 1 aromatic heterocycles. The number of hydrogen-bond donors (Lipinski definition) is 2. The molecule has 0 aliphatic heterocycles. The zero-order valence-corrected chi connectivity index (χ0v) is 26.3. The predicted molar refractivity (Wildman–Crippen MR) is 181 cm³/mol. The standard InChI is InChI=1S/C37H35ClN4O2/c1-6-24-10-12-26(13-11-24)33-22-31(30-8-7-9-32(38)34(30)40-33)36(44)42-41-23(2)25-16-20-29(21-17-25)39-35(43)27-14-18-28(19-15-27)37(3,4)5/h7-22H,6H2,1-5H3,(H,39,43)(H,42,44). The summed E-state index contributed by atoms with van der Waals surface area (Å²) in [4.78, 5) is 31.0. The number of anilines is 1. The average molecular weight is 603 g/mol. The minimum absolute atomic E-state index is 0.0214. The van der Waals surface area contributed by atoms with Crippen molar-refractivity contribution in [3.05, 3.63) is 130 Å². The van der Waals surface area contributed by atoms with Crippen molar-refractivity contribution < 1.29 is 9.59 Å². The van der Waals surface area contributed by atoms with Crippen LogP contribution in [0.3, 0.4) is 0 Å². The highest BCUT2D eigenvalue weighted by molar-refractivity contribution is 6.35. The molecule has 0 saturated carbocycles. The Morgan fingerprint density at radius 2 is 1.50 bits per heavy atom. The molecular formula is C37H35ClN4O2. The monoisotopic (exact) mass is 602 g/mol. The van der Waals surface area contributed by atoms with E-state index in [1.165, 1.54) is 11.1 Å². The first-order chi connectivity index (χ1) is 21.0. The lowest BCUT2D eigenvalue weighted by Crippen LogP contribution is -2.20. The number of nitrogens with one attached hydrogen (secondary N) is 2. The smallest absolute Gasteiger partial charge is 0.272 e. The number of fused-ring (bicyclic) bond motifs is 1. The van der Waals surface area contributed by atoms with Gasteiger partial charge in [-0.2, -0.15) is 5.10 Å². The molecule has 7 heteroatoms. The van der Waals surface area contributed by atoms with E-state index in [1.807, 2.05) is 73.7 Å². The van der Waals surface area contributed by atoms with Crippen LogP contribution in [-0.2, 0) is 11.8 Å². The van der Waals surface area contributed by atoms with Crippen molar-refractivity contribution in [3.63, 3.8) is 0 Å². The van der Waals surface area contributed by atoms with Gasteiger partial charge in [0.15, 0.2) is 0 Å².